The second kappa shape index (κ2) is 4.63. The van der Waals surface area contributed by atoms with Crippen molar-refractivity contribution < 1.29 is 0 Å². The fourth-order valence-electron chi connectivity index (χ4n) is 3.19. The highest BCUT2D eigenvalue weighted by Gasteiger charge is 2.37. The van der Waals surface area contributed by atoms with Crippen LogP contribution in [0.4, 0.5) is 0 Å². The maximum atomic E-state index is 4.11. The highest BCUT2D eigenvalue weighted by Crippen LogP contribution is 2.28. The summed E-state index contributed by atoms with van der Waals surface area (Å²) in [4.78, 5) is 0. The Bertz CT molecular complexity index is 391. The van der Waals surface area contributed by atoms with E-state index in [2.05, 4.69) is 48.6 Å². The van der Waals surface area contributed by atoms with Crippen LogP contribution in [0.15, 0.2) is 6.20 Å². The molecule has 1 saturated heterocycles. The molecule has 2 heterocycles. The van der Waals surface area contributed by atoms with Crippen LogP contribution in [0.3, 0.4) is 0 Å². The molecule has 0 unspecified atom stereocenters. The van der Waals surface area contributed by atoms with Crippen molar-refractivity contribution >= 4 is 0 Å². The monoisotopic (exact) mass is 251 g/mol. The Morgan fingerprint density at radius 1 is 1.33 bits per heavy atom. The van der Waals surface area contributed by atoms with E-state index >= 15 is 0 Å². The number of hydrogen-bond donors (Lipinski definition) is 2. The fourth-order valence-corrected chi connectivity index (χ4v) is 3.19. The van der Waals surface area contributed by atoms with Crippen LogP contribution < -0.4 is 10.6 Å². The Morgan fingerprint density at radius 3 is 2.44 bits per heavy atom. The van der Waals surface area contributed by atoms with Crippen LogP contribution >= 0.6 is 0 Å². The lowest BCUT2D eigenvalue weighted by Gasteiger charge is -2.46. The van der Waals surface area contributed by atoms with E-state index in [1.165, 1.54) is 0 Å². The zero-order valence-corrected chi connectivity index (χ0v) is 12.1. The minimum atomic E-state index is 0.182. The average molecular weight is 251 g/mol. The van der Waals surface area contributed by atoms with Gasteiger partial charge in [-0.15, -0.1) is 5.10 Å². The summed E-state index contributed by atoms with van der Waals surface area (Å²) in [6.45, 7) is 9.87. The van der Waals surface area contributed by atoms with Gasteiger partial charge in [0.15, 0.2) is 0 Å². The molecule has 2 N–H and O–H groups in total. The van der Waals surface area contributed by atoms with Crippen molar-refractivity contribution in [2.24, 2.45) is 7.05 Å². The van der Waals surface area contributed by atoms with Crippen molar-refractivity contribution in [3.8, 4) is 0 Å². The molecular weight excluding hydrogens is 226 g/mol. The van der Waals surface area contributed by atoms with Gasteiger partial charge in [-0.1, -0.05) is 5.21 Å². The van der Waals surface area contributed by atoms with Gasteiger partial charge in [0.25, 0.3) is 0 Å². The van der Waals surface area contributed by atoms with Gasteiger partial charge in [-0.25, -0.2) is 0 Å². The maximum absolute atomic E-state index is 4.11. The van der Waals surface area contributed by atoms with Gasteiger partial charge in [0.1, 0.15) is 0 Å². The normalized spacial score (nSPS) is 23.2. The molecule has 1 aromatic rings. The van der Waals surface area contributed by atoms with Crippen LogP contribution in [0.2, 0.25) is 0 Å². The molecule has 1 aromatic heterocycles. The predicted octanol–water partition coefficient (Wildman–Crippen LogP) is 1.21. The van der Waals surface area contributed by atoms with E-state index in [9.17, 15) is 0 Å². The van der Waals surface area contributed by atoms with Gasteiger partial charge in [-0.3, -0.25) is 4.68 Å². The van der Waals surface area contributed by atoms with E-state index < -0.39 is 0 Å². The SMILES string of the molecule is Cn1cc(CNC2CC(C)(C)NC(C)(C)C2)nn1. The molecule has 5 heteroatoms. The van der Waals surface area contributed by atoms with Crippen LogP contribution in [-0.2, 0) is 13.6 Å². The fraction of sp³-hybridized carbons (Fsp3) is 0.846. The van der Waals surface area contributed by atoms with Crippen LogP contribution in [0, 0.1) is 0 Å². The molecule has 2 rings (SSSR count). The Balaban J connectivity index is 1.93. The number of aromatic nitrogens is 3. The molecule has 0 saturated carbocycles. The first-order valence-corrected chi connectivity index (χ1v) is 6.64. The van der Waals surface area contributed by atoms with Crippen molar-refractivity contribution in [3.63, 3.8) is 0 Å². The van der Waals surface area contributed by atoms with Crippen LogP contribution in [0.5, 0.6) is 0 Å². The lowest BCUT2D eigenvalue weighted by Crippen LogP contribution is -2.61. The molecule has 5 nitrogen and oxygen atoms in total. The van der Waals surface area contributed by atoms with E-state index in [0.717, 1.165) is 25.1 Å². The standard InChI is InChI=1S/C13H25N5/c1-12(2)6-10(7-13(3,4)16-12)14-8-11-9-18(5)17-15-11/h9-10,14,16H,6-8H2,1-5H3. The van der Waals surface area contributed by atoms with E-state index in [1.807, 2.05) is 13.2 Å². The maximum Gasteiger partial charge on any atom is 0.0964 e. The first-order valence-electron chi connectivity index (χ1n) is 6.64. The smallest absolute Gasteiger partial charge is 0.0964 e. The van der Waals surface area contributed by atoms with E-state index in [0.29, 0.717) is 6.04 Å². The highest BCUT2D eigenvalue weighted by molar-refractivity contribution is 5.00. The summed E-state index contributed by atoms with van der Waals surface area (Å²) in [6, 6.07) is 0.526. The minimum absolute atomic E-state index is 0.182. The topological polar surface area (TPSA) is 54.8 Å². The molecule has 0 radical (unpaired) electrons. The number of nitrogens with zero attached hydrogens (tertiary/aromatic N) is 3. The summed E-state index contributed by atoms with van der Waals surface area (Å²) < 4.78 is 1.74. The lowest BCUT2D eigenvalue weighted by atomic mass is 9.79. The first kappa shape index (κ1) is 13.5. The van der Waals surface area contributed by atoms with Crippen LogP contribution in [0.25, 0.3) is 0 Å². The molecule has 18 heavy (non-hydrogen) atoms. The molecular formula is C13H25N5. The third-order valence-corrected chi connectivity index (χ3v) is 3.41. The van der Waals surface area contributed by atoms with Gasteiger partial charge in [-0.2, -0.15) is 0 Å². The van der Waals surface area contributed by atoms with Crippen molar-refractivity contribution in [2.45, 2.75) is 64.2 Å². The van der Waals surface area contributed by atoms with E-state index in [1.54, 1.807) is 4.68 Å². The summed E-state index contributed by atoms with van der Waals surface area (Å²) in [5.74, 6) is 0. The minimum Gasteiger partial charge on any atom is -0.308 e. The highest BCUT2D eigenvalue weighted by atomic mass is 15.4. The summed E-state index contributed by atoms with van der Waals surface area (Å²) in [5.41, 5.74) is 1.37. The quantitative estimate of drug-likeness (QED) is 0.848. The molecule has 102 valence electrons. The van der Waals surface area contributed by atoms with Crippen LogP contribution in [-0.4, -0.2) is 32.1 Å². The first-order chi connectivity index (χ1) is 8.26. The second-order valence-electron chi connectivity index (χ2n) is 6.76. The van der Waals surface area contributed by atoms with Crippen molar-refractivity contribution in [3.05, 3.63) is 11.9 Å². The lowest BCUT2D eigenvalue weighted by molar-refractivity contribution is 0.145. The molecule has 0 aromatic carbocycles. The molecule has 0 amide bonds. The zero-order valence-electron chi connectivity index (χ0n) is 12.1. The molecule has 0 atom stereocenters. The number of hydrogen-bond acceptors (Lipinski definition) is 4. The average Bonchev–Trinajstić information content (AvgIpc) is 2.56. The molecule has 1 aliphatic rings. The Hall–Kier alpha value is -0.940. The van der Waals surface area contributed by atoms with Gasteiger partial charge in [-0.05, 0) is 40.5 Å². The summed E-state index contributed by atoms with van der Waals surface area (Å²) in [6.07, 6.45) is 4.23. The molecule has 0 bridgehead atoms. The largest absolute Gasteiger partial charge is 0.308 e. The van der Waals surface area contributed by atoms with Crippen molar-refractivity contribution in [1.29, 1.82) is 0 Å². The zero-order chi connectivity index (χ0) is 13.4. The van der Waals surface area contributed by atoms with E-state index in [4.69, 9.17) is 0 Å². The Morgan fingerprint density at radius 2 is 1.94 bits per heavy atom. The third-order valence-electron chi connectivity index (χ3n) is 3.41. The number of piperidine rings is 1. The summed E-state index contributed by atoms with van der Waals surface area (Å²) >= 11 is 0. The van der Waals surface area contributed by atoms with Gasteiger partial charge in [0, 0.05) is 36.9 Å². The van der Waals surface area contributed by atoms with Gasteiger partial charge >= 0.3 is 0 Å². The third kappa shape index (κ3) is 3.53. The Labute approximate surface area is 109 Å². The Kier molecular flexibility index (Phi) is 3.47. The molecule has 0 spiro atoms. The molecule has 1 fully saturated rings. The van der Waals surface area contributed by atoms with Gasteiger partial charge < -0.3 is 10.6 Å². The van der Waals surface area contributed by atoms with Crippen molar-refractivity contribution in [1.82, 2.24) is 25.6 Å². The number of aryl methyl sites for hydroxylation is 1. The van der Waals surface area contributed by atoms with Crippen molar-refractivity contribution in [2.75, 3.05) is 0 Å². The number of rotatable bonds is 3. The molecule has 1 aliphatic heterocycles. The van der Waals surface area contributed by atoms with Gasteiger partial charge in [0.2, 0.25) is 0 Å². The van der Waals surface area contributed by atoms with Gasteiger partial charge in [0.05, 0.1) is 5.69 Å². The molecule has 0 aliphatic carbocycles. The predicted molar refractivity (Wildman–Crippen MR) is 72.2 cm³/mol. The number of nitrogens with one attached hydrogen (secondary N) is 2. The summed E-state index contributed by atoms with van der Waals surface area (Å²) in [5, 5.41) is 15.4. The van der Waals surface area contributed by atoms with E-state index in [-0.39, 0.29) is 11.1 Å². The second-order valence-corrected chi connectivity index (χ2v) is 6.76. The van der Waals surface area contributed by atoms with Crippen LogP contribution in [0.1, 0.15) is 46.2 Å². The summed E-state index contributed by atoms with van der Waals surface area (Å²) in [7, 11) is 1.90.